The molecule has 514 valence electrons. The summed E-state index contributed by atoms with van der Waals surface area (Å²) < 4.78 is 25.5. The fourth-order valence-corrected chi connectivity index (χ4v) is 189. The van der Waals surface area contributed by atoms with Crippen LogP contribution in [0.1, 0.15) is 192 Å². The van der Waals surface area contributed by atoms with Crippen molar-refractivity contribution in [2.24, 2.45) is 0 Å². The molecule has 4 nitrogen and oxygen atoms in total. The van der Waals surface area contributed by atoms with Crippen molar-refractivity contribution in [3.05, 3.63) is 331 Å². The molecule has 0 bridgehead atoms. The zero-order valence-electron chi connectivity index (χ0n) is 61.4. The van der Waals surface area contributed by atoms with Crippen LogP contribution in [-0.4, -0.2) is 17.6 Å². The molecule has 5 spiro atoms. The summed E-state index contributed by atoms with van der Waals surface area (Å²) in [6.45, 7) is 31.9. The number of rotatable bonds is 12. The summed E-state index contributed by atoms with van der Waals surface area (Å²) in [4.78, 5) is 0. The third-order valence-corrected chi connectivity index (χ3v) is 142. The third kappa shape index (κ3) is 7.71. The maximum absolute atomic E-state index is 12.1. The molecule has 0 N–H and O–H groups in total. The molecule has 0 saturated carbocycles. The van der Waals surface area contributed by atoms with Gasteiger partial charge < -0.3 is 0 Å². The number of hydrogen-bond acceptors (Lipinski definition) is 4. The first kappa shape index (κ1) is 66.7. The van der Waals surface area contributed by atoms with Crippen molar-refractivity contribution < 1.29 is 32.3 Å². The van der Waals surface area contributed by atoms with Gasteiger partial charge in [-0.15, -0.1) is 0 Å². The van der Waals surface area contributed by atoms with E-state index in [0.29, 0.717) is 23.7 Å². The molecule has 12 aromatic rings. The molecular weight excluding hydrogens is 1500 g/mol. The maximum atomic E-state index is 12.1. The molecule has 9 heteroatoms. The molecule has 103 heavy (non-hydrogen) atoms. The van der Waals surface area contributed by atoms with Crippen molar-refractivity contribution in [1.29, 1.82) is 0 Å². The fraction of sp³-hybridized carbons (Fsp3) is 0.234. The van der Waals surface area contributed by atoms with Crippen LogP contribution in [-0.2, 0) is 25.8 Å². The van der Waals surface area contributed by atoms with E-state index < -0.39 is 43.4 Å². The van der Waals surface area contributed by atoms with Crippen LogP contribution >= 0.6 is 17.2 Å². The Morgan fingerprint density at radius 1 is 0.282 bits per heavy atom. The summed E-state index contributed by atoms with van der Waals surface area (Å²) in [7, 11) is 18.0. The molecule has 18 rings (SSSR count). The Morgan fingerprint density at radius 2 is 0.485 bits per heavy atom. The Hall–Kier alpha value is -8.28. The second-order valence-corrected chi connectivity index (χ2v) is 86.7. The Kier molecular flexibility index (Phi) is 14.6. The van der Waals surface area contributed by atoms with Crippen molar-refractivity contribution in [2.75, 3.05) is 0 Å². The number of allylic oxidation sites excluding steroid dienone is 4. The van der Waals surface area contributed by atoms with Crippen LogP contribution in [0.3, 0.4) is 0 Å². The van der Waals surface area contributed by atoms with Gasteiger partial charge in [0.05, 0.1) is 0 Å². The summed E-state index contributed by atoms with van der Waals surface area (Å²) in [5.74, 6) is 7.81. The van der Waals surface area contributed by atoms with E-state index in [4.69, 9.17) is 17.7 Å². The van der Waals surface area contributed by atoms with E-state index >= 15 is 0 Å². The monoisotopic (exact) mass is 1590 g/mol. The van der Waals surface area contributed by atoms with Gasteiger partial charge in [0.15, 0.2) is 0 Å². The zero-order valence-corrected chi connectivity index (χ0v) is 68.9. The normalized spacial score (nSPS) is 23.9. The Balaban J connectivity index is 1.13. The van der Waals surface area contributed by atoms with Gasteiger partial charge in [-0.1, -0.05) is 0 Å². The summed E-state index contributed by atoms with van der Waals surface area (Å²) in [6, 6.07) is 83.5. The minimum atomic E-state index is -8.80. The van der Waals surface area contributed by atoms with E-state index in [1.54, 1.807) is 0 Å². The van der Waals surface area contributed by atoms with Gasteiger partial charge in [-0.2, -0.15) is 0 Å². The standard InChI is InChI=1S/2C47H44O2Si.2ClH.Hf/c2*1-28(2)32-16-20-34(21-17-32)36-10-8-12-38-40(36)26-42(44-24-14-30(5)48-44)46(38)50(7)47-39-13-9-11-37(35-22-18-33(19-23-35)29(3)4)41(39)27-43(47)45-25-15-31(6)49-45;;;/h2*8-29,50H,1-7H3;2*1H;/q;;;;+2/p-2. The van der Waals surface area contributed by atoms with Crippen LogP contribution < -0.4 is 0 Å². The van der Waals surface area contributed by atoms with Gasteiger partial charge in [-0.3, -0.25) is 0 Å². The van der Waals surface area contributed by atoms with Crippen molar-refractivity contribution >= 4 is 81.3 Å². The van der Waals surface area contributed by atoms with E-state index in [2.05, 4.69) is 339 Å². The summed E-state index contributed by atoms with van der Waals surface area (Å²) in [5.41, 5.74) is 27.7. The number of halogens is 2. The molecule has 4 aromatic heterocycles. The summed E-state index contributed by atoms with van der Waals surface area (Å²) in [5, 5.41) is 0. The van der Waals surface area contributed by atoms with Gasteiger partial charge in [0, 0.05) is 0 Å². The van der Waals surface area contributed by atoms with Crippen LogP contribution in [0.15, 0.2) is 236 Å². The van der Waals surface area contributed by atoms with Crippen LogP contribution in [0.4, 0.5) is 0 Å². The second-order valence-electron chi connectivity index (χ2n) is 32.3. The van der Waals surface area contributed by atoms with E-state index in [9.17, 15) is 17.2 Å². The van der Waals surface area contributed by atoms with Gasteiger partial charge >= 0.3 is 620 Å². The van der Waals surface area contributed by atoms with Gasteiger partial charge in [-0.05, 0) is 0 Å². The topological polar surface area (TPSA) is 52.6 Å². The Bertz CT molecular complexity index is 5000. The van der Waals surface area contributed by atoms with Crippen molar-refractivity contribution in [3.8, 4) is 44.5 Å². The fourth-order valence-electron chi connectivity index (χ4n) is 23.1. The van der Waals surface area contributed by atoms with Gasteiger partial charge in [-0.25, -0.2) is 0 Å². The average Bonchev–Trinajstić information content (AvgIpc) is 1.47. The molecule has 4 unspecified atom stereocenters. The molecule has 2 saturated heterocycles. The van der Waals surface area contributed by atoms with Gasteiger partial charge in [0.1, 0.15) is 0 Å². The van der Waals surface area contributed by atoms with E-state index in [1.807, 2.05) is 0 Å². The zero-order chi connectivity index (χ0) is 71.5. The third-order valence-electron chi connectivity index (χ3n) is 26.7. The van der Waals surface area contributed by atoms with Crippen molar-refractivity contribution in [1.82, 2.24) is 0 Å². The average molecular weight is 1590 g/mol. The molecule has 6 heterocycles. The molecule has 2 fully saturated rings. The van der Waals surface area contributed by atoms with E-state index in [0.717, 1.165) is 135 Å². The van der Waals surface area contributed by atoms with Gasteiger partial charge in [0.25, 0.3) is 0 Å². The van der Waals surface area contributed by atoms with Gasteiger partial charge in [0.2, 0.25) is 0 Å². The number of aryl methyl sites for hydroxylation is 4. The van der Waals surface area contributed by atoms with Crippen LogP contribution in [0.2, 0.25) is 13.1 Å². The van der Waals surface area contributed by atoms with Crippen molar-refractivity contribution in [2.45, 2.75) is 131 Å². The van der Waals surface area contributed by atoms with Crippen LogP contribution in [0.25, 0.3) is 91.1 Å². The predicted octanol–water partition coefficient (Wildman–Crippen LogP) is 26.0. The molecule has 2 aliphatic heterocycles. The number of furan rings is 4. The first-order valence-electron chi connectivity index (χ1n) is 37.3. The van der Waals surface area contributed by atoms with E-state index in [-0.39, 0.29) is 0 Å². The van der Waals surface area contributed by atoms with Crippen LogP contribution in [0.5, 0.6) is 0 Å². The summed E-state index contributed by atoms with van der Waals surface area (Å²) in [6.07, 6.45) is 10.2. The molecule has 4 atom stereocenters. The number of hydrogen-bond donors (Lipinski definition) is 0. The second kappa shape index (κ2) is 22.6. The molecule has 4 aliphatic carbocycles. The minimum absolute atomic E-state index is 0.349. The quantitative estimate of drug-likeness (QED) is 0.114. The van der Waals surface area contributed by atoms with Crippen LogP contribution in [0, 0.1) is 27.7 Å². The summed E-state index contributed by atoms with van der Waals surface area (Å²) >= 11 is -8.80. The molecular formula is C94H88Cl2HfO4Si2. The molecule has 8 aromatic carbocycles. The number of fused-ring (bicyclic) bond motifs is 12. The first-order valence-corrected chi connectivity index (χ1v) is 58.0. The molecule has 0 amide bonds. The van der Waals surface area contributed by atoms with Crippen molar-refractivity contribution in [3.63, 3.8) is 0 Å². The Morgan fingerprint density at radius 3 is 0.660 bits per heavy atom. The first-order chi connectivity index (χ1) is 49.4. The number of benzene rings is 8. The molecule has 0 radical (unpaired) electrons. The SMILES string of the molecule is Cc1ccc(C2=Cc3c(-c4ccc(C(C)C)cc4)cccc3[C]23[SiH](C)[C]2(C(c4ccc(C)o4)=Cc4c(-c5ccc(C(C)C)cc5)cccc42)[Hf]32([Cl])([Cl])[C]3(C(c4ccc(C)o4)=Cc4c(-c5ccc(C(C)C)cc5)cccc43)[SiH](C)[C]23C(c2ccc(C)o2)=Cc2c(-c4ccc(C(C)C)cc4)cccc23)o1. The van der Waals surface area contributed by atoms with E-state index in [1.165, 1.54) is 44.5 Å². The predicted molar refractivity (Wildman–Crippen MR) is 434 cm³/mol. The molecule has 6 aliphatic rings. The Labute approximate surface area is 615 Å².